The van der Waals surface area contributed by atoms with E-state index in [9.17, 15) is 9.59 Å². The molecule has 1 saturated heterocycles. The van der Waals surface area contributed by atoms with E-state index in [1.807, 2.05) is 63.2 Å². The van der Waals surface area contributed by atoms with Gasteiger partial charge in [-0.2, -0.15) is 0 Å². The Morgan fingerprint density at radius 2 is 1.82 bits per heavy atom. The Kier molecular flexibility index (Phi) is 6.00. The number of esters is 1. The van der Waals surface area contributed by atoms with Crippen LogP contribution in [0, 0.1) is 2.88 Å². The fourth-order valence-corrected chi connectivity index (χ4v) is 8.44. The first-order valence-electron chi connectivity index (χ1n) is 10.5. The first kappa shape index (κ1) is 23.5. The molecular weight excluding hydrogens is 635 g/mol. The Morgan fingerprint density at radius 3 is 2.45 bits per heavy atom. The van der Waals surface area contributed by atoms with Crippen LogP contribution >= 0.6 is 61.2 Å². The fraction of sp³-hybridized carbons (Fsp3) is 0.333. The zero-order chi connectivity index (χ0) is 23.5. The van der Waals surface area contributed by atoms with Gasteiger partial charge in [0, 0.05) is 21.4 Å². The van der Waals surface area contributed by atoms with Crippen molar-refractivity contribution in [2.45, 2.75) is 49.8 Å². The number of ether oxygens (including phenoxy) is 1. The Balaban J connectivity index is 1.76. The molecule has 4 heterocycles. The summed E-state index contributed by atoms with van der Waals surface area (Å²) in [7, 11) is 0. The molecule has 3 aromatic rings. The summed E-state index contributed by atoms with van der Waals surface area (Å²) in [6, 6.07) is 14.8. The van der Waals surface area contributed by atoms with Crippen LogP contribution in [0.25, 0.3) is 0 Å². The van der Waals surface area contributed by atoms with E-state index in [1.165, 1.54) is 0 Å². The first-order valence-corrected chi connectivity index (χ1v) is 14.0. The number of halogens is 2. The lowest BCUT2D eigenvalue weighted by Crippen LogP contribution is -2.44. The lowest BCUT2D eigenvalue weighted by atomic mass is 9.66. The van der Waals surface area contributed by atoms with Gasteiger partial charge in [0.05, 0.1) is 12.7 Å². The number of para-hydroxylation sites is 1. The molecule has 2 aromatic heterocycles. The van der Waals surface area contributed by atoms with Crippen LogP contribution < -0.4 is 10.6 Å². The number of rotatable bonds is 3. The molecule has 0 unspecified atom stereocenters. The average molecular weight is 657 g/mol. The highest BCUT2D eigenvalue weighted by Gasteiger charge is 2.67. The molecule has 2 aliphatic rings. The molecule has 2 N–H and O–H groups in total. The summed E-state index contributed by atoms with van der Waals surface area (Å²) >= 11 is 9.06. The zero-order valence-electron chi connectivity index (χ0n) is 18.1. The van der Waals surface area contributed by atoms with Crippen molar-refractivity contribution in [2.75, 3.05) is 5.32 Å². The number of carbonyl (C=O) groups excluding carboxylic acids is 2. The van der Waals surface area contributed by atoms with Crippen molar-refractivity contribution in [3.8, 4) is 0 Å². The molecule has 2 aliphatic heterocycles. The third-order valence-corrected chi connectivity index (χ3v) is 9.73. The standard InChI is InChI=1S/C24H22BrIN2O3S2/c1-23(2,3)31-21(29)19-18(14-8-10-16(25)32-14)24(20(28-19)15-9-11-17(26)33-15)12-6-4-5-7-13(12)27-22(24)30/h4-11,18-20,28H,1-3H3,(H,27,30)/t18-,19+,20-,24-/m1/s1. The minimum absolute atomic E-state index is 0.0924. The van der Waals surface area contributed by atoms with Gasteiger partial charge >= 0.3 is 5.97 Å². The number of anilines is 1. The highest BCUT2D eigenvalue weighted by Crippen LogP contribution is 2.61. The van der Waals surface area contributed by atoms with E-state index in [0.29, 0.717) is 0 Å². The lowest BCUT2D eigenvalue weighted by molar-refractivity contribution is -0.157. The van der Waals surface area contributed by atoms with Crippen LogP contribution in [0.2, 0.25) is 0 Å². The van der Waals surface area contributed by atoms with Gasteiger partial charge < -0.3 is 10.1 Å². The molecule has 0 saturated carbocycles. The summed E-state index contributed by atoms with van der Waals surface area (Å²) in [5.74, 6) is -0.871. The third kappa shape index (κ3) is 3.89. The molecule has 33 heavy (non-hydrogen) atoms. The lowest BCUT2D eigenvalue weighted by Gasteiger charge is -2.34. The van der Waals surface area contributed by atoms with Gasteiger partial charge in [0.2, 0.25) is 5.91 Å². The predicted molar refractivity (Wildman–Crippen MR) is 144 cm³/mol. The molecule has 0 aliphatic carbocycles. The zero-order valence-corrected chi connectivity index (χ0v) is 23.5. The minimum Gasteiger partial charge on any atom is -0.459 e. The van der Waals surface area contributed by atoms with Gasteiger partial charge in [0.15, 0.2) is 0 Å². The largest absolute Gasteiger partial charge is 0.459 e. The highest BCUT2D eigenvalue weighted by atomic mass is 127. The molecule has 5 rings (SSSR count). The van der Waals surface area contributed by atoms with Crippen molar-refractivity contribution in [1.29, 1.82) is 0 Å². The number of thiophene rings is 2. The number of fused-ring (bicyclic) bond motifs is 2. The van der Waals surface area contributed by atoms with Crippen LogP contribution in [-0.2, 0) is 19.7 Å². The molecule has 4 atom stereocenters. The molecule has 5 nitrogen and oxygen atoms in total. The number of hydrogen-bond donors (Lipinski definition) is 2. The predicted octanol–water partition coefficient (Wildman–Crippen LogP) is 6.21. The summed E-state index contributed by atoms with van der Waals surface area (Å²) in [6.45, 7) is 5.59. The number of hydrogen-bond acceptors (Lipinski definition) is 6. The maximum atomic E-state index is 14.0. The van der Waals surface area contributed by atoms with Gasteiger partial charge in [-0.25, -0.2) is 0 Å². The normalized spacial score (nSPS) is 26.5. The topological polar surface area (TPSA) is 67.4 Å². The van der Waals surface area contributed by atoms with E-state index in [1.54, 1.807) is 22.7 Å². The van der Waals surface area contributed by atoms with Crippen LogP contribution in [0.15, 0.2) is 52.3 Å². The van der Waals surface area contributed by atoms with E-state index >= 15 is 0 Å². The monoisotopic (exact) mass is 656 g/mol. The van der Waals surface area contributed by atoms with E-state index in [0.717, 1.165) is 27.7 Å². The van der Waals surface area contributed by atoms with Crippen molar-refractivity contribution in [3.05, 3.63) is 70.5 Å². The fourth-order valence-electron chi connectivity index (χ4n) is 4.99. The second-order valence-electron chi connectivity index (χ2n) is 9.24. The van der Waals surface area contributed by atoms with Crippen molar-refractivity contribution in [1.82, 2.24) is 5.32 Å². The van der Waals surface area contributed by atoms with Crippen molar-refractivity contribution >= 4 is 78.8 Å². The molecule has 0 bridgehead atoms. The Bertz CT molecular complexity index is 1250. The van der Waals surface area contributed by atoms with Crippen LogP contribution in [-0.4, -0.2) is 23.5 Å². The summed E-state index contributed by atoms with van der Waals surface area (Å²) in [4.78, 5) is 29.5. The SMILES string of the molecule is CC(C)(C)OC(=O)[C@H]1N[C@H](c2ccc(I)s2)[C@]2(C(=O)Nc3ccccc32)[C@@H]1c1ccc(Br)s1. The molecule has 1 aromatic carbocycles. The summed E-state index contributed by atoms with van der Waals surface area (Å²) in [5.41, 5.74) is 0.0808. The van der Waals surface area contributed by atoms with Crippen LogP contribution in [0.3, 0.4) is 0 Å². The van der Waals surface area contributed by atoms with Gasteiger partial charge in [0.1, 0.15) is 17.1 Å². The Morgan fingerprint density at radius 1 is 1.09 bits per heavy atom. The highest BCUT2D eigenvalue weighted by molar-refractivity contribution is 14.1. The van der Waals surface area contributed by atoms with Gasteiger partial charge in [-0.1, -0.05) is 18.2 Å². The Labute approximate surface area is 222 Å². The van der Waals surface area contributed by atoms with Crippen molar-refractivity contribution in [3.63, 3.8) is 0 Å². The third-order valence-electron chi connectivity index (χ3n) is 6.06. The maximum absolute atomic E-state index is 14.0. The van der Waals surface area contributed by atoms with Crippen LogP contribution in [0.4, 0.5) is 5.69 Å². The Hall–Kier alpha value is -1.27. The number of amides is 1. The number of carbonyl (C=O) groups is 2. The first-order chi connectivity index (χ1) is 15.6. The smallest absolute Gasteiger partial charge is 0.324 e. The molecule has 0 radical (unpaired) electrons. The van der Waals surface area contributed by atoms with E-state index in [2.05, 4.69) is 55.2 Å². The van der Waals surface area contributed by atoms with Crippen LogP contribution in [0.5, 0.6) is 0 Å². The van der Waals surface area contributed by atoms with E-state index in [4.69, 9.17) is 4.74 Å². The van der Waals surface area contributed by atoms with Gasteiger partial charge in [0.25, 0.3) is 0 Å². The molecule has 1 spiro atoms. The van der Waals surface area contributed by atoms with E-state index in [-0.39, 0.29) is 17.9 Å². The summed E-state index contributed by atoms with van der Waals surface area (Å²) < 4.78 is 7.94. The second-order valence-corrected chi connectivity index (χ2v) is 14.7. The second kappa shape index (κ2) is 8.44. The van der Waals surface area contributed by atoms with Gasteiger partial charge in [-0.15, -0.1) is 22.7 Å². The molecule has 1 amide bonds. The van der Waals surface area contributed by atoms with Gasteiger partial charge in [-0.05, 0) is 95.2 Å². The van der Waals surface area contributed by atoms with Crippen molar-refractivity contribution < 1.29 is 14.3 Å². The molecule has 1 fully saturated rings. The molecule has 172 valence electrons. The molecule has 9 heteroatoms. The number of nitrogens with one attached hydrogen (secondary N) is 2. The summed E-state index contributed by atoms with van der Waals surface area (Å²) in [5, 5.41) is 6.68. The van der Waals surface area contributed by atoms with E-state index < -0.39 is 23.0 Å². The van der Waals surface area contributed by atoms with Crippen LogP contribution in [0.1, 0.15) is 48.0 Å². The van der Waals surface area contributed by atoms with Crippen molar-refractivity contribution in [2.24, 2.45) is 0 Å². The summed E-state index contributed by atoms with van der Waals surface area (Å²) in [6.07, 6.45) is 0. The molecular formula is C24H22BrIN2O3S2. The minimum atomic E-state index is -0.990. The quantitative estimate of drug-likeness (QED) is 0.260. The number of benzene rings is 1. The average Bonchev–Trinajstić information content (AvgIpc) is 3.48. The maximum Gasteiger partial charge on any atom is 0.324 e. The van der Waals surface area contributed by atoms with Gasteiger partial charge in [-0.3, -0.25) is 14.9 Å².